The minimum absolute atomic E-state index is 0.435. The van der Waals surface area contributed by atoms with E-state index in [1.54, 1.807) is 17.6 Å². The van der Waals surface area contributed by atoms with E-state index in [1.165, 1.54) is 23.3 Å². The highest BCUT2D eigenvalue weighted by Gasteiger charge is 2.18. The highest BCUT2D eigenvalue weighted by atomic mass is 35.5. The standard InChI is InChI=1S/C21H25ClN4OS2/c1-13-14(2)28-21-19(13)20(24-18(25-21)11-26-8-4-5-9-26)23-16-6-7-17(22)15(10-16)12-29(3)27/h6-7,10H,4-5,8-9,11-12H2,1-3H3,(H,23,24,25). The summed E-state index contributed by atoms with van der Waals surface area (Å²) in [6.07, 6.45) is 4.18. The van der Waals surface area contributed by atoms with Gasteiger partial charge in [0.05, 0.1) is 11.9 Å². The van der Waals surface area contributed by atoms with Crippen LogP contribution < -0.4 is 5.32 Å². The molecule has 0 amide bonds. The molecule has 29 heavy (non-hydrogen) atoms. The third-order valence-electron chi connectivity index (χ3n) is 5.31. The summed E-state index contributed by atoms with van der Waals surface area (Å²) in [6.45, 7) is 7.25. The van der Waals surface area contributed by atoms with Gasteiger partial charge in [0.1, 0.15) is 16.5 Å². The first-order valence-corrected chi connectivity index (χ1v) is 12.7. The Balaban J connectivity index is 1.72. The Labute approximate surface area is 183 Å². The molecule has 8 heteroatoms. The van der Waals surface area contributed by atoms with Gasteiger partial charge in [-0.2, -0.15) is 0 Å². The van der Waals surface area contributed by atoms with Gasteiger partial charge < -0.3 is 5.32 Å². The van der Waals surface area contributed by atoms with E-state index in [1.807, 2.05) is 18.2 Å². The number of hydrogen-bond acceptors (Lipinski definition) is 6. The van der Waals surface area contributed by atoms with Gasteiger partial charge in [-0.25, -0.2) is 9.97 Å². The summed E-state index contributed by atoms with van der Waals surface area (Å²) < 4.78 is 11.7. The largest absolute Gasteiger partial charge is 0.340 e. The van der Waals surface area contributed by atoms with Crippen LogP contribution in [-0.2, 0) is 23.1 Å². The van der Waals surface area contributed by atoms with Crippen molar-refractivity contribution < 1.29 is 4.21 Å². The van der Waals surface area contributed by atoms with Crippen molar-refractivity contribution in [1.29, 1.82) is 0 Å². The number of hydrogen-bond donors (Lipinski definition) is 1. The second-order valence-corrected chi connectivity index (χ2v) is 10.6. The Morgan fingerprint density at radius 3 is 2.72 bits per heavy atom. The Bertz CT molecular complexity index is 1080. The minimum atomic E-state index is -0.953. The Hall–Kier alpha value is -1.54. The molecule has 3 heterocycles. The van der Waals surface area contributed by atoms with Gasteiger partial charge in [0, 0.05) is 38.4 Å². The SMILES string of the molecule is Cc1sc2nc(CN3CCCC3)nc(Nc3ccc(Cl)c(CS(C)=O)c3)c2c1C. The zero-order valence-electron chi connectivity index (χ0n) is 16.9. The van der Waals surface area contributed by atoms with E-state index >= 15 is 0 Å². The van der Waals surface area contributed by atoms with Crippen molar-refractivity contribution >= 4 is 55.5 Å². The van der Waals surface area contributed by atoms with Gasteiger partial charge in [-0.15, -0.1) is 11.3 Å². The fourth-order valence-corrected chi connectivity index (χ4v) is 5.70. The lowest BCUT2D eigenvalue weighted by Gasteiger charge is -2.15. The monoisotopic (exact) mass is 448 g/mol. The van der Waals surface area contributed by atoms with Crippen LogP contribution in [0.5, 0.6) is 0 Å². The van der Waals surface area contributed by atoms with Crippen LogP contribution >= 0.6 is 22.9 Å². The number of nitrogens with one attached hydrogen (secondary N) is 1. The smallest absolute Gasteiger partial charge is 0.146 e. The van der Waals surface area contributed by atoms with E-state index in [0.717, 1.165) is 52.7 Å². The molecule has 0 saturated carbocycles. The van der Waals surface area contributed by atoms with E-state index in [9.17, 15) is 4.21 Å². The number of halogens is 1. The number of thiophene rings is 1. The third-order valence-corrected chi connectivity index (χ3v) is 7.49. The molecule has 154 valence electrons. The van der Waals surface area contributed by atoms with Gasteiger partial charge in [-0.05, 0) is 69.1 Å². The Kier molecular flexibility index (Phi) is 6.20. The molecule has 0 aliphatic carbocycles. The normalized spacial score (nSPS) is 15.9. The number of aromatic nitrogens is 2. The van der Waals surface area contributed by atoms with Gasteiger partial charge >= 0.3 is 0 Å². The maximum Gasteiger partial charge on any atom is 0.146 e. The molecule has 1 fully saturated rings. The van der Waals surface area contributed by atoms with Crippen LogP contribution in [0.15, 0.2) is 18.2 Å². The van der Waals surface area contributed by atoms with Crippen molar-refractivity contribution in [1.82, 2.24) is 14.9 Å². The van der Waals surface area contributed by atoms with Crippen LogP contribution in [0.4, 0.5) is 11.5 Å². The number of likely N-dealkylation sites (tertiary alicyclic amines) is 1. The van der Waals surface area contributed by atoms with Crippen LogP contribution in [-0.4, -0.2) is 38.4 Å². The molecule has 3 aromatic rings. The molecule has 0 bridgehead atoms. The molecular formula is C21H25ClN4OS2. The van der Waals surface area contributed by atoms with E-state index < -0.39 is 10.8 Å². The minimum Gasteiger partial charge on any atom is -0.340 e. The predicted molar refractivity (Wildman–Crippen MR) is 124 cm³/mol. The Morgan fingerprint density at radius 2 is 2.00 bits per heavy atom. The maximum absolute atomic E-state index is 11.7. The summed E-state index contributed by atoms with van der Waals surface area (Å²) in [4.78, 5) is 14.4. The van der Waals surface area contributed by atoms with Crippen molar-refractivity contribution in [3.8, 4) is 0 Å². The highest BCUT2D eigenvalue weighted by Crippen LogP contribution is 2.35. The number of anilines is 2. The second-order valence-electron chi connectivity index (χ2n) is 7.58. The van der Waals surface area contributed by atoms with E-state index in [0.29, 0.717) is 10.8 Å². The van der Waals surface area contributed by atoms with Crippen LogP contribution in [0.2, 0.25) is 5.02 Å². The van der Waals surface area contributed by atoms with Crippen LogP contribution in [0, 0.1) is 13.8 Å². The number of benzene rings is 1. The molecule has 0 radical (unpaired) electrons. The van der Waals surface area contributed by atoms with Gasteiger partial charge in [0.25, 0.3) is 0 Å². The molecule has 2 aromatic heterocycles. The first kappa shape index (κ1) is 20.7. The van der Waals surface area contributed by atoms with Gasteiger partial charge in [-0.1, -0.05) is 11.6 Å². The van der Waals surface area contributed by atoms with Crippen molar-refractivity contribution in [3.63, 3.8) is 0 Å². The van der Waals surface area contributed by atoms with Crippen molar-refractivity contribution in [3.05, 3.63) is 45.1 Å². The second kappa shape index (κ2) is 8.68. The van der Waals surface area contributed by atoms with Gasteiger partial charge in [0.15, 0.2) is 0 Å². The lowest BCUT2D eigenvalue weighted by Crippen LogP contribution is -2.20. The average Bonchev–Trinajstić information content (AvgIpc) is 3.26. The number of fused-ring (bicyclic) bond motifs is 1. The summed E-state index contributed by atoms with van der Waals surface area (Å²) in [6, 6.07) is 5.75. The summed E-state index contributed by atoms with van der Waals surface area (Å²) in [5.74, 6) is 2.12. The van der Waals surface area contributed by atoms with Crippen LogP contribution in [0.25, 0.3) is 10.2 Å². The van der Waals surface area contributed by atoms with Crippen LogP contribution in [0.1, 0.15) is 34.7 Å². The van der Waals surface area contributed by atoms with Crippen LogP contribution in [0.3, 0.4) is 0 Å². The van der Waals surface area contributed by atoms with Crippen molar-refractivity contribution in [2.75, 3.05) is 24.7 Å². The van der Waals surface area contributed by atoms with E-state index in [2.05, 4.69) is 24.1 Å². The molecular weight excluding hydrogens is 424 g/mol. The fraction of sp³-hybridized carbons (Fsp3) is 0.429. The fourth-order valence-electron chi connectivity index (χ4n) is 3.71. The van der Waals surface area contributed by atoms with Gasteiger partial charge in [0.2, 0.25) is 0 Å². The zero-order valence-corrected chi connectivity index (χ0v) is 19.3. The molecule has 1 atom stereocenters. The number of rotatable bonds is 6. The summed E-state index contributed by atoms with van der Waals surface area (Å²) in [5.41, 5.74) is 2.98. The van der Waals surface area contributed by atoms with E-state index in [4.69, 9.17) is 21.6 Å². The molecule has 0 spiro atoms. The predicted octanol–water partition coefficient (Wildman–Crippen LogP) is 5.18. The summed E-state index contributed by atoms with van der Waals surface area (Å²) in [7, 11) is -0.953. The third kappa shape index (κ3) is 4.63. The first-order chi connectivity index (χ1) is 13.9. The maximum atomic E-state index is 11.7. The molecule has 1 aliphatic rings. The lowest BCUT2D eigenvalue weighted by molar-refractivity contribution is 0.323. The van der Waals surface area contributed by atoms with Gasteiger partial charge in [-0.3, -0.25) is 9.11 Å². The summed E-state index contributed by atoms with van der Waals surface area (Å²) in [5, 5.41) is 5.20. The quantitative estimate of drug-likeness (QED) is 0.563. The zero-order chi connectivity index (χ0) is 20.5. The molecule has 1 N–H and O–H groups in total. The molecule has 5 nitrogen and oxygen atoms in total. The number of aryl methyl sites for hydroxylation is 2. The lowest BCUT2D eigenvalue weighted by atomic mass is 10.2. The van der Waals surface area contributed by atoms with Crippen molar-refractivity contribution in [2.24, 2.45) is 0 Å². The molecule has 1 unspecified atom stereocenters. The first-order valence-electron chi connectivity index (χ1n) is 9.75. The number of nitrogens with zero attached hydrogens (tertiary/aromatic N) is 3. The topological polar surface area (TPSA) is 58.1 Å². The average molecular weight is 449 g/mol. The molecule has 4 rings (SSSR count). The summed E-state index contributed by atoms with van der Waals surface area (Å²) >= 11 is 8.01. The van der Waals surface area contributed by atoms with Crippen molar-refractivity contribution in [2.45, 2.75) is 39.0 Å². The Morgan fingerprint density at radius 1 is 1.24 bits per heavy atom. The molecule has 1 saturated heterocycles. The molecule has 1 aromatic carbocycles. The molecule has 1 aliphatic heterocycles. The van der Waals surface area contributed by atoms with E-state index in [-0.39, 0.29) is 0 Å². The highest BCUT2D eigenvalue weighted by molar-refractivity contribution is 7.83.